The number of nitrogens with zero attached hydrogens (tertiary/aromatic N) is 2. The molecular formula is C15H24N2O2. The molecule has 2 rings (SSSR count). The Balaban J connectivity index is 2.06. The van der Waals surface area contributed by atoms with E-state index in [0.29, 0.717) is 12.6 Å². The Hall–Kier alpha value is -1.13. The molecule has 4 heteroatoms. The summed E-state index contributed by atoms with van der Waals surface area (Å²) in [6.07, 6.45) is 1.23. The largest absolute Gasteiger partial charge is 0.377 e. The minimum absolute atomic E-state index is 0.197. The lowest BCUT2D eigenvalue weighted by molar-refractivity contribution is 0.0745. The minimum atomic E-state index is 0.197. The zero-order valence-corrected chi connectivity index (χ0v) is 12.6. The molecule has 2 unspecified atom stereocenters. The zero-order valence-electron chi connectivity index (χ0n) is 12.6. The summed E-state index contributed by atoms with van der Waals surface area (Å²) in [4.78, 5) is 14.5. The molecule has 1 saturated heterocycles. The molecule has 0 bridgehead atoms. The fourth-order valence-electron chi connectivity index (χ4n) is 2.87. The van der Waals surface area contributed by atoms with Crippen LogP contribution in [0.3, 0.4) is 0 Å². The predicted octanol–water partition coefficient (Wildman–Crippen LogP) is 1.93. The van der Waals surface area contributed by atoms with Crippen LogP contribution in [0.15, 0.2) is 6.07 Å². The molecule has 4 nitrogen and oxygen atoms in total. The highest BCUT2D eigenvalue weighted by atomic mass is 16.5. The van der Waals surface area contributed by atoms with Crippen molar-refractivity contribution in [1.82, 2.24) is 9.47 Å². The lowest BCUT2D eigenvalue weighted by Crippen LogP contribution is -2.40. The summed E-state index contributed by atoms with van der Waals surface area (Å²) < 4.78 is 7.63. The first kappa shape index (κ1) is 14.3. The molecule has 106 valence electrons. The van der Waals surface area contributed by atoms with Crippen LogP contribution in [0.25, 0.3) is 0 Å². The normalized spacial score (nSPS) is 23.3. The first-order valence-corrected chi connectivity index (χ1v) is 6.89. The number of Topliss-reactive ketones (excluding diaryl/α,β-unsaturated/α-hetero) is 1. The Morgan fingerprint density at radius 2 is 2.21 bits per heavy atom. The van der Waals surface area contributed by atoms with E-state index in [1.165, 1.54) is 0 Å². The Morgan fingerprint density at radius 1 is 1.53 bits per heavy atom. The van der Waals surface area contributed by atoms with Gasteiger partial charge in [-0.2, -0.15) is 0 Å². The molecule has 0 aliphatic carbocycles. The maximum atomic E-state index is 12.4. The molecule has 1 aromatic rings. The first-order chi connectivity index (χ1) is 8.91. The maximum Gasteiger partial charge on any atom is 0.178 e. The summed E-state index contributed by atoms with van der Waals surface area (Å²) in [5, 5.41) is 0. The first-order valence-electron chi connectivity index (χ1n) is 6.89. The number of ether oxygens (including phenoxy) is 1. The standard InChI is InChI=1S/C15H24N2O2/c1-10-8-13(11(2)17(10)5)15(18)9-16(4)14-6-7-19-12(14)3/h8,12,14H,6-7,9H2,1-5H3. The molecule has 0 amide bonds. The van der Waals surface area contributed by atoms with Gasteiger partial charge in [-0.15, -0.1) is 0 Å². The average molecular weight is 264 g/mol. The van der Waals surface area contributed by atoms with E-state index in [1.54, 1.807) is 0 Å². The van der Waals surface area contributed by atoms with Crippen molar-refractivity contribution >= 4 is 5.78 Å². The Kier molecular flexibility index (Phi) is 4.11. The van der Waals surface area contributed by atoms with Gasteiger partial charge in [-0.25, -0.2) is 0 Å². The van der Waals surface area contributed by atoms with Gasteiger partial charge < -0.3 is 9.30 Å². The zero-order chi connectivity index (χ0) is 14.2. The second-order valence-electron chi connectivity index (χ2n) is 5.61. The molecule has 2 atom stereocenters. The van der Waals surface area contributed by atoms with Crippen molar-refractivity contribution in [3.63, 3.8) is 0 Å². The van der Waals surface area contributed by atoms with Crippen molar-refractivity contribution in [1.29, 1.82) is 0 Å². The highest BCUT2D eigenvalue weighted by molar-refractivity contribution is 5.99. The van der Waals surface area contributed by atoms with Crippen LogP contribution < -0.4 is 0 Å². The molecule has 0 radical (unpaired) electrons. The second kappa shape index (κ2) is 5.47. The topological polar surface area (TPSA) is 34.5 Å². The molecule has 0 N–H and O–H groups in total. The molecule has 0 aromatic carbocycles. The van der Waals surface area contributed by atoms with E-state index < -0.39 is 0 Å². The van der Waals surface area contributed by atoms with Crippen molar-refractivity contribution < 1.29 is 9.53 Å². The smallest absolute Gasteiger partial charge is 0.178 e. The summed E-state index contributed by atoms with van der Waals surface area (Å²) in [5.74, 6) is 0.197. The summed E-state index contributed by atoms with van der Waals surface area (Å²) in [6.45, 7) is 7.37. The van der Waals surface area contributed by atoms with Gasteiger partial charge in [0.1, 0.15) is 0 Å². The minimum Gasteiger partial charge on any atom is -0.377 e. The lowest BCUT2D eigenvalue weighted by atomic mass is 10.1. The van der Waals surface area contributed by atoms with Gasteiger partial charge in [-0.1, -0.05) is 0 Å². The van der Waals surface area contributed by atoms with E-state index in [1.807, 2.05) is 34.0 Å². The van der Waals surface area contributed by atoms with Gasteiger partial charge in [-0.05, 0) is 40.3 Å². The summed E-state index contributed by atoms with van der Waals surface area (Å²) in [5.41, 5.74) is 3.02. The number of carbonyl (C=O) groups is 1. The van der Waals surface area contributed by atoms with Crippen molar-refractivity contribution in [2.24, 2.45) is 7.05 Å². The fraction of sp³-hybridized carbons (Fsp3) is 0.667. The van der Waals surface area contributed by atoms with Crippen LogP contribution in [0.4, 0.5) is 0 Å². The van der Waals surface area contributed by atoms with E-state index in [0.717, 1.165) is 30.0 Å². The third kappa shape index (κ3) is 2.74. The van der Waals surface area contributed by atoms with Gasteiger partial charge in [0.15, 0.2) is 5.78 Å². The van der Waals surface area contributed by atoms with Crippen LogP contribution in [0, 0.1) is 13.8 Å². The number of rotatable bonds is 4. The number of aryl methyl sites for hydroxylation is 1. The molecule has 1 aromatic heterocycles. The van der Waals surface area contributed by atoms with Gasteiger partial charge in [0.05, 0.1) is 12.6 Å². The van der Waals surface area contributed by atoms with Crippen LogP contribution in [0.5, 0.6) is 0 Å². The Labute approximate surface area is 115 Å². The van der Waals surface area contributed by atoms with Gasteiger partial charge >= 0.3 is 0 Å². The van der Waals surface area contributed by atoms with E-state index >= 15 is 0 Å². The number of hydrogen-bond acceptors (Lipinski definition) is 3. The predicted molar refractivity (Wildman–Crippen MR) is 75.7 cm³/mol. The van der Waals surface area contributed by atoms with Crippen LogP contribution in [0.2, 0.25) is 0 Å². The third-order valence-corrected chi connectivity index (χ3v) is 4.37. The van der Waals surface area contributed by atoms with Gasteiger partial charge in [0, 0.05) is 36.6 Å². The SMILES string of the molecule is Cc1cc(C(=O)CN(C)C2CCOC2C)c(C)n1C. The van der Waals surface area contributed by atoms with Gasteiger partial charge in [-0.3, -0.25) is 9.69 Å². The van der Waals surface area contributed by atoms with Gasteiger partial charge in [0.25, 0.3) is 0 Å². The molecule has 1 aliphatic rings. The maximum absolute atomic E-state index is 12.4. The highest BCUT2D eigenvalue weighted by Gasteiger charge is 2.29. The van der Waals surface area contributed by atoms with Crippen molar-refractivity contribution in [3.8, 4) is 0 Å². The Bertz CT molecular complexity index is 479. The van der Waals surface area contributed by atoms with Crippen molar-refractivity contribution in [2.75, 3.05) is 20.2 Å². The van der Waals surface area contributed by atoms with Crippen LogP contribution >= 0.6 is 0 Å². The third-order valence-electron chi connectivity index (χ3n) is 4.37. The summed E-state index contributed by atoms with van der Waals surface area (Å²) >= 11 is 0. The average Bonchev–Trinajstić information content (AvgIpc) is 2.88. The summed E-state index contributed by atoms with van der Waals surface area (Å²) in [7, 11) is 4.01. The van der Waals surface area contributed by atoms with Crippen molar-refractivity contribution in [3.05, 3.63) is 23.0 Å². The number of likely N-dealkylation sites (N-methyl/N-ethyl adjacent to an activating group) is 1. The molecular weight excluding hydrogens is 240 g/mol. The van der Waals surface area contributed by atoms with E-state index in [9.17, 15) is 4.79 Å². The molecule has 1 aliphatic heterocycles. The fourth-order valence-corrected chi connectivity index (χ4v) is 2.87. The molecule has 0 saturated carbocycles. The molecule has 19 heavy (non-hydrogen) atoms. The van der Waals surface area contributed by atoms with E-state index in [4.69, 9.17) is 4.74 Å². The van der Waals surface area contributed by atoms with Crippen LogP contribution in [-0.2, 0) is 11.8 Å². The molecule has 0 spiro atoms. The lowest BCUT2D eigenvalue weighted by Gasteiger charge is -2.25. The van der Waals surface area contributed by atoms with Crippen molar-refractivity contribution in [2.45, 2.75) is 39.3 Å². The number of hydrogen-bond donors (Lipinski definition) is 0. The van der Waals surface area contributed by atoms with Gasteiger partial charge in [0.2, 0.25) is 0 Å². The van der Waals surface area contributed by atoms with E-state index in [-0.39, 0.29) is 11.9 Å². The van der Waals surface area contributed by atoms with Crippen LogP contribution in [0.1, 0.15) is 35.1 Å². The Morgan fingerprint density at radius 3 is 2.68 bits per heavy atom. The highest BCUT2D eigenvalue weighted by Crippen LogP contribution is 2.20. The number of ketones is 1. The monoisotopic (exact) mass is 264 g/mol. The second-order valence-corrected chi connectivity index (χ2v) is 5.61. The number of carbonyl (C=O) groups excluding carboxylic acids is 1. The quantitative estimate of drug-likeness (QED) is 0.779. The molecule has 2 heterocycles. The molecule has 1 fully saturated rings. The summed E-state index contributed by atoms with van der Waals surface area (Å²) in [6, 6.07) is 2.34. The van der Waals surface area contributed by atoms with E-state index in [2.05, 4.69) is 16.4 Å². The van der Waals surface area contributed by atoms with Crippen LogP contribution in [-0.4, -0.2) is 47.6 Å². The number of aromatic nitrogens is 1.